The van der Waals surface area contributed by atoms with Gasteiger partial charge >= 0.3 is 0 Å². The summed E-state index contributed by atoms with van der Waals surface area (Å²) in [6.07, 6.45) is 0. The Labute approximate surface area is 320 Å². The van der Waals surface area contributed by atoms with E-state index < -0.39 is 0 Å². The Morgan fingerprint density at radius 2 is 0.768 bits per heavy atom. The van der Waals surface area contributed by atoms with Gasteiger partial charge in [0.15, 0.2) is 5.58 Å². The fourth-order valence-corrected chi connectivity index (χ4v) is 8.23. The molecule has 5 heteroatoms. The van der Waals surface area contributed by atoms with Crippen molar-refractivity contribution in [2.45, 2.75) is 0 Å². The van der Waals surface area contributed by atoms with Crippen LogP contribution in [-0.2, 0) is 0 Å². The molecule has 0 aliphatic carbocycles. The van der Waals surface area contributed by atoms with E-state index in [0.717, 1.165) is 99.5 Å². The maximum absolute atomic E-state index is 6.55. The fourth-order valence-electron chi connectivity index (χ4n) is 8.23. The second kappa shape index (κ2) is 11.9. The zero-order valence-electron chi connectivity index (χ0n) is 29.9. The average Bonchev–Trinajstić information content (AvgIpc) is 3.95. The summed E-state index contributed by atoms with van der Waals surface area (Å²) in [5.74, 6) is 0.619. The molecule has 0 radical (unpaired) electrons. The van der Waals surface area contributed by atoms with Crippen LogP contribution in [0.1, 0.15) is 0 Å². The maximum Gasteiger partial charge on any atom is 0.227 e. The minimum atomic E-state index is 0.619. The fraction of sp³-hybridized carbons (Fsp3) is 0. The molecule has 9 aromatic carbocycles. The van der Waals surface area contributed by atoms with Crippen molar-refractivity contribution in [2.24, 2.45) is 0 Å². The van der Waals surface area contributed by atoms with Gasteiger partial charge in [-0.25, -0.2) is 4.98 Å². The summed E-state index contributed by atoms with van der Waals surface area (Å²) < 4.78 is 19.1. The van der Waals surface area contributed by atoms with Crippen molar-refractivity contribution in [3.05, 3.63) is 182 Å². The Hall–Kier alpha value is -7.63. The summed E-state index contributed by atoms with van der Waals surface area (Å²) in [5.41, 5.74) is 11.2. The summed E-state index contributed by atoms with van der Waals surface area (Å²) in [7, 11) is 0. The number of furan rings is 2. The highest BCUT2D eigenvalue weighted by atomic mass is 16.3. The highest BCUT2D eigenvalue weighted by Crippen LogP contribution is 2.42. The van der Waals surface area contributed by atoms with Gasteiger partial charge in [0.25, 0.3) is 0 Å². The third-order valence-electron chi connectivity index (χ3n) is 11.0. The first-order valence-electron chi connectivity index (χ1n) is 18.8. The van der Waals surface area contributed by atoms with Crippen LogP contribution in [0.3, 0.4) is 0 Å². The number of hydrogen-bond acceptors (Lipinski definition) is 5. The van der Waals surface area contributed by atoms with Crippen LogP contribution in [0.15, 0.2) is 195 Å². The zero-order chi connectivity index (χ0) is 36.7. The van der Waals surface area contributed by atoms with Crippen molar-refractivity contribution in [3.8, 4) is 22.6 Å². The Morgan fingerprint density at radius 1 is 0.321 bits per heavy atom. The van der Waals surface area contributed by atoms with E-state index in [4.69, 9.17) is 13.3 Å². The molecule has 0 N–H and O–H groups in total. The van der Waals surface area contributed by atoms with E-state index >= 15 is 0 Å². The average molecular weight is 719 g/mol. The molecule has 0 bridgehead atoms. The zero-order valence-corrected chi connectivity index (χ0v) is 29.9. The maximum atomic E-state index is 6.55. The van der Waals surface area contributed by atoms with Gasteiger partial charge < -0.3 is 18.2 Å². The molecule has 12 aromatic rings. The summed E-state index contributed by atoms with van der Waals surface area (Å²) in [6, 6.07) is 63.5. The van der Waals surface area contributed by atoms with E-state index in [1.165, 1.54) is 10.8 Å². The van der Waals surface area contributed by atoms with Gasteiger partial charge in [-0.15, -0.1) is 0 Å². The van der Waals surface area contributed by atoms with E-state index in [1.807, 2.05) is 24.3 Å². The van der Waals surface area contributed by atoms with Crippen molar-refractivity contribution < 1.29 is 13.3 Å². The molecule has 262 valence electrons. The number of aromatic nitrogens is 1. The molecular formula is C51H30N2O3. The minimum absolute atomic E-state index is 0.619. The second-order valence-electron chi connectivity index (χ2n) is 14.4. The van der Waals surface area contributed by atoms with Crippen LogP contribution in [0.4, 0.5) is 17.1 Å². The Morgan fingerprint density at radius 3 is 1.32 bits per heavy atom. The predicted molar refractivity (Wildman–Crippen MR) is 229 cm³/mol. The van der Waals surface area contributed by atoms with Crippen molar-refractivity contribution in [1.82, 2.24) is 4.98 Å². The van der Waals surface area contributed by atoms with Gasteiger partial charge in [-0.2, -0.15) is 0 Å². The predicted octanol–water partition coefficient (Wildman–Crippen LogP) is 14.7. The van der Waals surface area contributed by atoms with E-state index in [1.54, 1.807) is 0 Å². The number of hydrogen-bond donors (Lipinski definition) is 0. The van der Waals surface area contributed by atoms with Gasteiger partial charge in [0.1, 0.15) is 27.8 Å². The molecule has 0 saturated heterocycles. The van der Waals surface area contributed by atoms with Crippen LogP contribution in [-0.4, -0.2) is 4.98 Å². The number of rotatable bonds is 5. The monoisotopic (exact) mass is 718 g/mol. The van der Waals surface area contributed by atoms with Gasteiger partial charge in [0, 0.05) is 56.3 Å². The van der Waals surface area contributed by atoms with Crippen LogP contribution in [0.5, 0.6) is 0 Å². The smallest absolute Gasteiger partial charge is 0.227 e. The third-order valence-corrected chi connectivity index (χ3v) is 11.0. The van der Waals surface area contributed by atoms with Gasteiger partial charge in [0.05, 0.1) is 0 Å². The summed E-state index contributed by atoms with van der Waals surface area (Å²) in [4.78, 5) is 6.95. The van der Waals surface area contributed by atoms with Gasteiger partial charge in [-0.05, 0) is 118 Å². The van der Waals surface area contributed by atoms with E-state index in [-0.39, 0.29) is 0 Å². The lowest BCUT2D eigenvalue weighted by atomic mass is 10.0. The Balaban J connectivity index is 0.964. The number of oxazole rings is 1. The summed E-state index contributed by atoms with van der Waals surface area (Å²) >= 11 is 0. The van der Waals surface area contributed by atoms with Crippen molar-refractivity contribution in [1.29, 1.82) is 0 Å². The molecule has 3 heterocycles. The molecule has 56 heavy (non-hydrogen) atoms. The molecule has 0 fully saturated rings. The molecule has 0 aliphatic rings. The molecule has 0 aliphatic heterocycles. The lowest BCUT2D eigenvalue weighted by Crippen LogP contribution is -2.09. The second-order valence-corrected chi connectivity index (χ2v) is 14.4. The van der Waals surface area contributed by atoms with E-state index in [2.05, 4.69) is 168 Å². The first-order valence-corrected chi connectivity index (χ1v) is 18.8. The number of benzene rings is 9. The van der Waals surface area contributed by atoms with Crippen LogP contribution >= 0.6 is 0 Å². The molecule has 3 aromatic heterocycles. The molecule has 0 unspecified atom stereocenters. The number of anilines is 3. The molecule has 12 rings (SSSR count). The lowest BCUT2D eigenvalue weighted by Gasteiger charge is -2.25. The quantitative estimate of drug-likeness (QED) is 0.177. The van der Waals surface area contributed by atoms with Crippen molar-refractivity contribution >= 4 is 93.6 Å². The van der Waals surface area contributed by atoms with E-state index in [0.29, 0.717) is 5.89 Å². The van der Waals surface area contributed by atoms with Crippen LogP contribution < -0.4 is 4.90 Å². The summed E-state index contributed by atoms with van der Waals surface area (Å²) in [5, 5.41) is 9.11. The number of nitrogens with zero attached hydrogens (tertiary/aromatic N) is 2. The highest BCUT2D eigenvalue weighted by molar-refractivity contribution is 6.12. The third kappa shape index (κ3) is 4.91. The molecule has 0 amide bonds. The molecular weight excluding hydrogens is 689 g/mol. The highest BCUT2D eigenvalue weighted by Gasteiger charge is 2.19. The Kier molecular flexibility index (Phi) is 6.56. The van der Waals surface area contributed by atoms with Gasteiger partial charge in [-0.1, -0.05) is 84.9 Å². The van der Waals surface area contributed by atoms with Crippen LogP contribution in [0.2, 0.25) is 0 Å². The molecule has 0 spiro atoms. The van der Waals surface area contributed by atoms with Gasteiger partial charge in [0.2, 0.25) is 5.89 Å². The largest absolute Gasteiger partial charge is 0.456 e. The minimum Gasteiger partial charge on any atom is -0.456 e. The first-order chi connectivity index (χ1) is 27.7. The van der Waals surface area contributed by atoms with Gasteiger partial charge in [-0.3, -0.25) is 0 Å². The molecule has 5 nitrogen and oxygen atoms in total. The Bertz CT molecular complexity index is 3290. The first kappa shape index (κ1) is 30.8. The normalized spacial score (nSPS) is 11.9. The number of fused-ring (bicyclic) bond motifs is 9. The standard InChI is InChI=1S/C51H30N2O3/c1-3-9-36-27-47-43(25-34(36)7-1)41-23-21-39(29-49(41)54-47)53(40-22-24-42-44-26-35-8-2-4-10-37(35)28-48(44)55-50(42)30-40)38-19-17-32(18-20-38)31-13-15-33(16-14-31)51-52-45-11-5-6-12-46(45)56-51/h1-30H. The molecule has 0 atom stereocenters. The van der Waals surface area contributed by atoms with Crippen molar-refractivity contribution in [2.75, 3.05) is 4.90 Å². The lowest BCUT2D eigenvalue weighted by molar-refractivity contribution is 0.620. The van der Waals surface area contributed by atoms with E-state index in [9.17, 15) is 0 Å². The SMILES string of the molecule is c1ccc2cc3c(cc2c1)oc1cc(N(c2ccc(-c4ccc(-c5nc6ccccc6o5)cc4)cc2)c2ccc4c(c2)oc2cc5ccccc5cc24)ccc13. The van der Waals surface area contributed by atoms with Crippen molar-refractivity contribution in [3.63, 3.8) is 0 Å². The van der Waals surface area contributed by atoms with Crippen LogP contribution in [0.25, 0.3) is 99.1 Å². The van der Waals surface area contributed by atoms with Crippen LogP contribution in [0, 0.1) is 0 Å². The topological polar surface area (TPSA) is 55.6 Å². The number of para-hydroxylation sites is 2. The summed E-state index contributed by atoms with van der Waals surface area (Å²) in [6.45, 7) is 0. The molecule has 0 saturated carbocycles.